The van der Waals surface area contributed by atoms with Crippen LogP contribution in [0.1, 0.15) is 181 Å². The van der Waals surface area contributed by atoms with Crippen molar-refractivity contribution >= 4 is 11.9 Å². The van der Waals surface area contributed by atoms with Crippen molar-refractivity contribution in [1.29, 1.82) is 0 Å². The maximum atomic E-state index is 12.0. The van der Waals surface area contributed by atoms with Gasteiger partial charge in [-0.25, -0.2) is 0 Å². The summed E-state index contributed by atoms with van der Waals surface area (Å²) in [5.41, 5.74) is 0. The van der Waals surface area contributed by atoms with Crippen LogP contribution < -0.4 is 0 Å². The zero-order valence-electron chi connectivity index (χ0n) is 32.3. The number of carbonyl (C=O) groups is 2. The Morgan fingerprint density at radius 2 is 0.900 bits per heavy atom. The molecule has 0 radical (unpaired) electrons. The summed E-state index contributed by atoms with van der Waals surface area (Å²) in [5.74, 6) is -0.648. The van der Waals surface area contributed by atoms with Gasteiger partial charge in [-0.1, -0.05) is 184 Å². The van der Waals surface area contributed by atoms with E-state index >= 15 is 0 Å². The molecular formula is C44H76O6. The molecule has 2 atom stereocenters. The quantitative estimate of drug-likeness (QED) is 0.0292. The summed E-state index contributed by atoms with van der Waals surface area (Å²) in [6.07, 6.45) is 48.0. The second-order valence-corrected chi connectivity index (χ2v) is 13.6. The van der Waals surface area contributed by atoms with Crippen LogP contribution in [0, 0.1) is 0 Å². The number of aliphatic hydroxyl groups is 2. The lowest BCUT2D eigenvalue weighted by atomic mass is 10.0. The van der Waals surface area contributed by atoms with Crippen LogP contribution >= 0.6 is 0 Å². The summed E-state index contributed by atoms with van der Waals surface area (Å²) >= 11 is 0. The van der Waals surface area contributed by atoms with E-state index in [1.165, 1.54) is 96.3 Å². The van der Waals surface area contributed by atoms with Crippen LogP contribution in [0.2, 0.25) is 0 Å². The molecule has 0 bridgehead atoms. The molecule has 0 fully saturated rings. The maximum absolute atomic E-state index is 12.0. The molecule has 288 valence electrons. The van der Waals surface area contributed by atoms with E-state index in [0.717, 1.165) is 51.4 Å². The Morgan fingerprint density at radius 3 is 1.36 bits per heavy atom. The zero-order valence-corrected chi connectivity index (χ0v) is 32.3. The van der Waals surface area contributed by atoms with Gasteiger partial charge in [0, 0.05) is 12.8 Å². The molecule has 0 aliphatic rings. The highest BCUT2D eigenvalue weighted by atomic mass is 16.6. The van der Waals surface area contributed by atoms with Crippen molar-refractivity contribution in [2.75, 3.05) is 13.2 Å². The predicted molar refractivity (Wildman–Crippen MR) is 211 cm³/mol. The fourth-order valence-corrected chi connectivity index (χ4v) is 5.43. The van der Waals surface area contributed by atoms with E-state index in [1.54, 1.807) is 6.08 Å². The van der Waals surface area contributed by atoms with Gasteiger partial charge in [-0.15, -0.1) is 0 Å². The van der Waals surface area contributed by atoms with Crippen LogP contribution in [0.4, 0.5) is 0 Å². The first-order valence-corrected chi connectivity index (χ1v) is 20.4. The predicted octanol–water partition coefficient (Wildman–Crippen LogP) is 11.8. The Morgan fingerprint density at radius 1 is 0.500 bits per heavy atom. The van der Waals surface area contributed by atoms with Crippen molar-refractivity contribution in [2.24, 2.45) is 0 Å². The third kappa shape index (κ3) is 38.4. The standard InChI is InChI=1S/C44H76O6/c1-3-5-6-7-8-9-10-11-12-13-14-15-19-22-25-28-31-34-37-43(47)49-39-42(46)40-50-44(48)38-35-32-29-26-23-20-17-16-18-21-24-27-30-33-36-41(45)4-2/h17-18,20-21,26-27,29-30,33,36,41-42,45-46H,3-16,19,22-25,28,31-32,34-35,37-40H2,1-2H3/b20-17-,21-18-,29-26-,30-27-,36-33+/t41-,42+/m0/s1. The van der Waals surface area contributed by atoms with Crippen LogP contribution in [-0.2, 0) is 19.1 Å². The van der Waals surface area contributed by atoms with E-state index in [2.05, 4.69) is 49.5 Å². The Labute approximate surface area is 307 Å². The number of ether oxygens (including phenoxy) is 2. The molecule has 0 amide bonds. The smallest absolute Gasteiger partial charge is 0.305 e. The first kappa shape index (κ1) is 47.6. The van der Waals surface area contributed by atoms with Crippen molar-refractivity contribution in [2.45, 2.75) is 193 Å². The number of unbranched alkanes of at least 4 members (excludes halogenated alkanes) is 18. The number of rotatable bonds is 36. The molecule has 0 aromatic heterocycles. The number of allylic oxidation sites excluding steroid dienone is 9. The molecule has 0 saturated heterocycles. The Kier molecular flexibility index (Phi) is 37.4. The van der Waals surface area contributed by atoms with Gasteiger partial charge in [0.15, 0.2) is 0 Å². The number of hydrogen-bond donors (Lipinski definition) is 2. The Balaban J connectivity index is 3.53. The van der Waals surface area contributed by atoms with E-state index in [4.69, 9.17) is 9.47 Å². The minimum Gasteiger partial charge on any atom is -0.463 e. The van der Waals surface area contributed by atoms with E-state index in [9.17, 15) is 19.8 Å². The van der Waals surface area contributed by atoms with Gasteiger partial charge in [-0.3, -0.25) is 9.59 Å². The normalized spacial score (nSPS) is 13.4. The van der Waals surface area contributed by atoms with Crippen LogP contribution in [0.3, 0.4) is 0 Å². The molecule has 0 rings (SSSR count). The average molecular weight is 701 g/mol. The van der Waals surface area contributed by atoms with E-state index in [-0.39, 0.29) is 31.3 Å². The minimum absolute atomic E-state index is 0.142. The highest BCUT2D eigenvalue weighted by Gasteiger charge is 2.12. The minimum atomic E-state index is -0.996. The van der Waals surface area contributed by atoms with Crippen molar-refractivity contribution < 1.29 is 29.3 Å². The van der Waals surface area contributed by atoms with Crippen molar-refractivity contribution in [3.8, 4) is 0 Å². The van der Waals surface area contributed by atoms with Gasteiger partial charge in [0.25, 0.3) is 0 Å². The summed E-state index contributed by atoms with van der Waals surface area (Å²) in [5, 5.41) is 19.4. The maximum Gasteiger partial charge on any atom is 0.305 e. The van der Waals surface area contributed by atoms with Gasteiger partial charge >= 0.3 is 11.9 Å². The van der Waals surface area contributed by atoms with Crippen molar-refractivity contribution in [3.05, 3.63) is 60.8 Å². The van der Waals surface area contributed by atoms with E-state index < -0.39 is 6.10 Å². The van der Waals surface area contributed by atoms with Crippen molar-refractivity contribution in [3.63, 3.8) is 0 Å². The Hall–Kier alpha value is -2.44. The number of hydrogen-bond acceptors (Lipinski definition) is 6. The lowest BCUT2D eigenvalue weighted by Crippen LogP contribution is -2.25. The molecule has 0 aliphatic carbocycles. The molecule has 6 nitrogen and oxygen atoms in total. The number of carbonyl (C=O) groups excluding carboxylic acids is 2. The van der Waals surface area contributed by atoms with Gasteiger partial charge in [-0.2, -0.15) is 0 Å². The zero-order chi connectivity index (χ0) is 36.6. The second kappa shape index (κ2) is 39.3. The summed E-state index contributed by atoms with van der Waals surface area (Å²) in [6.45, 7) is 3.93. The van der Waals surface area contributed by atoms with E-state index in [0.29, 0.717) is 19.3 Å². The Bertz CT molecular complexity index is 902. The van der Waals surface area contributed by atoms with Crippen LogP contribution in [-0.4, -0.2) is 47.6 Å². The van der Waals surface area contributed by atoms with Gasteiger partial charge < -0.3 is 19.7 Å². The third-order valence-electron chi connectivity index (χ3n) is 8.67. The van der Waals surface area contributed by atoms with Crippen LogP contribution in [0.15, 0.2) is 60.8 Å². The van der Waals surface area contributed by atoms with Crippen LogP contribution in [0.5, 0.6) is 0 Å². The third-order valence-corrected chi connectivity index (χ3v) is 8.67. The summed E-state index contributed by atoms with van der Waals surface area (Å²) in [4.78, 5) is 23.9. The first-order valence-electron chi connectivity index (χ1n) is 20.4. The summed E-state index contributed by atoms with van der Waals surface area (Å²) in [6, 6.07) is 0. The molecule has 0 aromatic carbocycles. The van der Waals surface area contributed by atoms with Gasteiger partial charge in [0.05, 0.1) is 6.10 Å². The van der Waals surface area contributed by atoms with Gasteiger partial charge in [0.2, 0.25) is 0 Å². The lowest BCUT2D eigenvalue weighted by Gasteiger charge is -2.12. The van der Waals surface area contributed by atoms with E-state index in [1.807, 2.05) is 19.1 Å². The number of aliphatic hydroxyl groups excluding tert-OH is 2. The van der Waals surface area contributed by atoms with Crippen molar-refractivity contribution in [1.82, 2.24) is 0 Å². The summed E-state index contributed by atoms with van der Waals surface area (Å²) in [7, 11) is 0. The van der Waals surface area contributed by atoms with Gasteiger partial charge in [-0.05, 0) is 44.9 Å². The number of esters is 2. The molecule has 6 heteroatoms. The average Bonchev–Trinajstić information content (AvgIpc) is 3.12. The largest absolute Gasteiger partial charge is 0.463 e. The molecule has 0 unspecified atom stereocenters. The molecule has 0 aliphatic heterocycles. The summed E-state index contributed by atoms with van der Waals surface area (Å²) < 4.78 is 10.3. The molecule has 50 heavy (non-hydrogen) atoms. The van der Waals surface area contributed by atoms with Crippen LogP contribution in [0.25, 0.3) is 0 Å². The first-order chi connectivity index (χ1) is 24.5. The molecule has 0 aromatic rings. The molecule has 0 saturated carbocycles. The highest BCUT2D eigenvalue weighted by molar-refractivity contribution is 5.69. The molecule has 2 N–H and O–H groups in total. The second-order valence-electron chi connectivity index (χ2n) is 13.6. The molecule has 0 heterocycles. The topological polar surface area (TPSA) is 93.1 Å². The molecule has 0 spiro atoms. The lowest BCUT2D eigenvalue weighted by molar-refractivity contribution is -0.152. The highest BCUT2D eigenvalue weighted by Crippen LogP contribution is 2.15. The fourth-order valence-electron chi connectivity index (χ4n) is 5.43. The molecular weight excluding hydrogens is 624 g/mol. The monoisotopic (exact) mass is 701 g/mol. The fraction of sp³-hybridized carbons (Fsp3) is 0.727. The van der Waals surface area contributed by atoms with Gasteiger partial charge in [0.1, 0.15) is 19.3 Å². The SMILES string of the molecule is CCCCCCCCCCCCCCCCCCCCC(=O)OC[C@@H](O)COC(=O)CCC/C=C\C/C=C\C/C=C\C/C=C\C=C\[C@@H](O)CC.